The zero-order valence-electron chi connectivity index (χ0n) is 7.15. The summed E-state index contributed by atoms with van der Waals surface area (Å²) in [6.45, 7) is -0.561. The molecule has 1 rings (SSSR count). The van der Waals surface area contributed by atoms with Crippen LogP contribution in [0.3, 0.4) is 0 Å². The second-order valence-electron chi connectivity index (χ2n) is 2.65. The molecule has 0 spiro atoms. The predicted molar refractivity (Wildman–Crippen MR) is 52.6 cm³/mol. The summed E-state index contributed by atoms with van der Waals surface area (Å²) in [5.41, 5.74) is 2.86. The summed E-state index contributed by atoms with van der Waals surface area (Å²) in [6.07, 6.45) is 0. The van der Waals surface area contributed by atoms with Crippen molar-refractivity contribution in [1.82, 2.24) is 0 Å². The molecule has 0 fully saturated rings. The van der Waals surface area contributed by atoms with Crippen molar-refractivity contribution in [3.63, 3.8) is 0 Å². The maximum Gasteiger partial charge on any atom is 0.217 e. The van der Waals surface area contributed by atoms with Gasteiger partial charge in [0, 0.05) is 11.6 Å². The summed E-state index contributed by atoms with van der Waals surface area (Å²) < 4.78 is 35.8. The third-order valence-corrected chi connectivity index (χ3v) is 3.66. The van der Waals surface area contributed by atoms with Crippen LogP contribution in [-0.4, -0.2) is 20.5 Å². The summed E-state index contributed by atoms with van der Waals surface area (Å²) in [4.78, 5) is -0.150. The van der Waals surface area contributed by atoms with Crippen LogP contribution in [0.15, 0.2) is 29.2 Å². The molecule has 0 aliphatic heterocycles. The molecule has 1 unspecified atom stereocenters. The fraction of sp³-hybridized carbons (Fsp3) is 0.250. The number of rotatable bonds is 3. The third kappa shape index (κ3) is 2.23. The van der Waals surface area contributed by atoms with E-state index < -0.39 is 21.9 Å². The van der Waals surface area contributed by atoms with E-state index in [2.05, 4.69) is 0 Å². The Balaban J connectivity index is 3.17. The van der Waals surface area contributed by atoms with E-state index in [-0.39, 0.29) is 9.92 Å². The molecule has 0 aliphatic rings. The number of halogens is 2. The first-order valence-electron chi connectivity index (χ1n) is 3.82. The predicted octanol–water partition coefficient (Wildman–Crippen LogP) is 1.37. The zero-order chi connectivity index (χ0) is 10.8. The molecule has 6 heteroatoms. The second-order valence-corrected chi connectivity index (χ2v) is 5.16. The molecule has 1 atom stereocenters. The Morgan fingerprint density at radius 1 is 1.50 bits per heavy atom. The van der Waals surface area contributed by atoms with E-state index in [1.165, 1.54) is 24.3 Å². The van der Waals surface area contributed by atoms with Crippen LogP contribution in [0.1, 0.15) is 0 Å². The maximum absolute atomic E-state index is 13.0. The van der Waals surface area contributed by atoms with Crippen LogP contribution in [0.5, 0.6) is 0 Å². The highest BCUT2D eigenvalue weighted by atomic mass is 35.5. The minimum atomic E-state index is -3.99. The molecule has 0 saturated heterocycles. The lowest BCUT2D eigenvalue weighted by atomic mass is 10.4. The molecule has 2 N–H and O–H groups in total. The summed E-state index contributed by atoms with van der Waals surface area (Å²) in [5.74, 6) is 0. The number of nitrogens with two attached hydrogens (primary N) is 1. The summed E-state index contributed by atoms with van der Waals surface area (Å²) in [7, 11) is -3.99. The topological polar surface area (TPSA) is 60.2 Å². The van der Waals surface area contributed by atoms with Gasteiger partial charge in [0.15, 0.2) is 0 Å². The minimum Gasteiger partial charge on any atom is -0.327 e. The molecule has 0 amide bonds. The number of sulfone groups is 1. The van der Waals surface area contributed by atoms with Crippen molar-refractivity contribution in [1.29, 1.82) is 0 Å². The Morgan fingerprint density at radius 2 is 2.14 bits per heavy atom. The highest BCUT2D eigenvalue weighted by Gasteiger charge is 2.25. The quantitative estimate of drug-likeness (QED) is 0.864. The van der Waals surface area contributed by atoms with Crippen LogP contribution in [0.2, 0.25) is 5.02 Å². The van der Waals surface area contributed by atoms with Gasteiger partial charge in [0.1, 0.15) is 0 Å². The van der Waals surface area contributed by atoms with E-state index in [9.17, 15) is 12.8 Å². The monoisotopic (exact) mass is 237 g/mol. The summed E-state index contributed by atoms with van der Waals surface area (Å²) in [5, 5.41) is 0.246. The van der Waals surface area contributed by atoms with E-state index in [1.807, 2.05) is 0 Å². The van der Waals surface area contributed by atoms with Gasteiger partial charge in [0.05, 0.1) is 4.90 Å². The lowest BCUT2D eigenvalue weighted by molar-refractivity contribution is 0.425. The van der Waals surface area contributed by atoms with Crippen LogP contribution in [-0.2, 0) is 9.84 Å². The van der Waals surface area contributed by atoms with Crippen LogP contribution in [0, 0.1) is 0 Å². The van der Waals surface area contributed by atoms with Crippen molar-refractivity contribution < 1.29 is 12.8 Å². The largest absolute Gasteiger partial charge is 0.327 e. The molecular weight excluding hydrogens is 229 g/mol. The Morgan fingerprint density at radius 3 is 2.64 bits per heavy atom. The van der Waals surface area contributed by atoms with E-state index in [1.54, 1.807) is 0 Å². The number of hydrogen-bond donors (Lipinski definition) is 1. The van der Waals surface area contributed by atoms with E-state index in [0.29, 0.717) is 0 Å². The van der Waals surface area contributed by atoms with Gasteiger partial charge in [-0.1, -0.05) is 17.7 Å². The molecule has 3 nitrogen and oxygen atoms in total. The first-order chi connectivity index (χ1) is 6.48. The van der Waals surface area contributed by atoms with Crippen molar-refractivity contribution in [2.45, 2.75) is 10.4 Å². The van der Waals surface area contributed by atoms with Gasteiger partial charge in [-0.05, 0) is 18.2 Å². The molecule has 1 aromatic carbocycles. The Bertz CT molecular complexity index is 421. The average Bonchev–Trinajstić information content (AvgIpc) is 2.16. The average molecular weight is 238 g/mol. The Hall–Kier alpha value is -0.650. The third-order valence-electron chi connectivity index (χ3n) is 1.65. The lowest BCUT2D eigenvalue weighted by Crippen LogP contribution is -2.25. The molecule has 0 heterocycles. The molecule has 0 saturated carbocycles. The van der Waals surface area contributed by atoms with Crippen LogP contribution in [0.25, 0.3) is 0 Å². The Kier molecular flexibility index (Phi) is 3.47. The first kappa shape index (κ1) is 11.4. The zero-order valence-corrected chi connectivity index (χ0v) is 8.72. The molecule has 0 bridgehead atoms. The Labute approximate surface area is 86.6 Å². The van der Waals surface area contributed by atoms with Crippen molar-refractivity contribution in [2.75, 3.05) is 6.54 Å². The fourth-order valence-corrected chi connectivity index (χ4v) is 2.28. The van der Waals surface area contributed by atoms with Gasteiger partial charge < -0.3 is 5.73 Å². The normalized spacial score (nSPS) is 13.9. The van der Waals surface area contributed by atoms with Crippen LogP contribution in [0.4, 0.5) is 4.39 Å². The SMILES string of the molecule is NCC(F)S(=O)(=O)c1cccc(Cl)c1. The minimum absolute atomic E-state index is 0.150. The van der Waals surface area contributed by atoms with Gasteiger partial charge in [0.2, 0.25) is 15.3 Å². The summed E-state index contributed by atoms with van der Waals surface area (Å²) >= 11 is 5.58. The van der Waals surface area contributed by atoms with Gasteiger partial charge in [-0.25, -0.2) is 12.8 Å². The van der Waals surface area contributed by atoms with E-state index in [4.69, 9.17) is 17.3 Å². The maximum atomic E-state index is 13.0. The number of hydrogen-bond acceptors (Lipinski definition) is 3. The van der Waals surface area contributed by atoms with Crippen LogP contribution >= 0.6 is 11.6 Å². The van der Waals surface area contributed by atoms with Gasteiger partial charge in [-0.2, -0.15) is 0 Å². The molecule has 1 aromatic rings. The second kappa shape index (κ2) is 4.25. The number of benzene rings is 1. The molecule has 0 radical (unpaired) electrons. The van der Waals surface area contributed by atoms with Crippen LogP contribution < -0.4 is 5.73 Å². The number of alkyl halides is 1. The van der Waals surface area contributed by atoms with Gasteiger partial charge in [-0.15, -0.1) is 0 Å². The smallest absolute Gasteiger partial charge is 0.217 e. The molecule has 78 valence electrons. The highest BCUT2D eigenvalue weighted by Crippen LogP contribution is 2.19. The van der Waals surface area contributed by atoms with E-state index in [0.717, 1.165) is 0 Å². The standard InChI is InChI=1S/C8H9ClFNO2S/c9-6-2-1-3-7(4-6)14(12,13)8(10)5-11/h1-4,8H,5,11H2. The van der Waals surface area contributed by atoms with Crippen molar-refractivity contribution >= 4 is 21.4 Å². The van der Waals surface area contributed by atoms with Gasteiger partial charge >= 0.3 is 0 Å². The van der Waals surface area contributed by atoms with Crippen molar-refractivity contribution in [3.8, 4) is 0 Å². The van der Waals surface area contributed by atoms with E-state index >= 15 is 0 Å². The fourth-order valence-electron chi connectivity index (χ4n) is 0.918. The van der Waals surface area contributed by atoms with Crippen molar-refractivity contribution in [3.05, 3.63) is 29.3 Å². The summed E-state index contributed by atoms with van der Waals surface area (Å²) in [6, 6.07) is 5.43. The molecular formula is C8H9ClFNO2S. The van der Waals surface area contributed by atoms with Crippen molar-refractivity contribution in [2.24, 2.45) is 5.73 Å². The van der Waals surface area contributed by atoms with Gasteiger partial charge in [-0.3, -0.25) is 0 Å². The molecule has 0 aromatic heterocycles. The van der Waals surface area contributed by atoms with Gasteiger partial charge in [0.25, 0.3) is 0 Å². The molecule has 14 heavy (non-hydrogen) atoms. The lowest BCUT2D eigenvalue weighted by Gasteiger charge is -2.07. The highest BCUT2D eigenvalue weighted by molar-refractivity contribution is 7.92. The molecule has 0 aliphatic carbocycles. The first-order valence-corrected chi connectivity index (χ1v) is 5.74.